The second-order valence-corrected chi connectivity index (χ2v) is 7.76. The number of ketones is 1. The van der Waals surface area contributed by atoms with Crippen LogP contribution in [0.5, 0.6) is 5.75 Å². The summed E-state index contributed by atoms with van der Waals surface area (Å²) >= 11 is 3.66. The number of Topliss-reactive ketones (excluding diaryl/α,β-unsaturated/α-hetero) is 1. The Balaban J connectivity index is 2.65. The highest BCUT2D eigenvalue weighted by Crippen LogP contribution is 2.45. The van der Waals surface area contributed by atoms with Gasteiger partial charge in [-0.05, 0) is 45.3 Å². The molecule has 2 nitrogen and oxygen atoms in total. The summed E-state index contributed by atoms with van der Waals surface area (Å²) in [6.45, 7) is 10.7. The van der Waals surface area contributed by atoms with Crippen LogP contribution in [0.2, 0.25) is 0 Å². The summed E-state index contributed by atoms with van der Waals surface area (Å²) in [5.41, 5.74) is 3.02. The van der Waals surface area contributed by atoms with Crippen LogP contribution in [0.4, 0.5) is 0 Å². The quantitative estimate of drug-likeness (QED) is 0.776. The molecule has 1 aliphatic rings. The molecule has 20 heavy (non-hydrogen) atoms. The zero-order chi connectivity index (χ0) is 15.2. The summed E-state index contributed by atoms with van der Waals surface area (Å²) < 4.78 is 6.56. The maximum Gasteiger partial charge on any atom is 0.166 e. The third kappa shape index (κ3) is 2.41. The first-order chi connectivity index (χ1) is 9.18. The summed E-state index contributed by atoms with van der Waals surface area (Å²) in [6, 6.07) is 2.05. The van der Waals surface area contributed by atoms with Gasteiger partial charge in [0.15, 0.2) is 5.78 Å². The minimum atomic E-state index is -0.0565. The second-order valence-electron chi connectivity index (χ2n) is 6.97. The molecular weight excluding hydrogens is 316 g/mol. The standard InChI is InChI=1S/C17H23BrO2/c1-9(2)10-7-11-12(15(10)19)8-13(17(3,4)5)16(20-6)14(11)18/h8-10H,7H2,1-6H3. The largest absolute Gasteiger partial charge is 0.495 e. The molecule has 1 aliphatic carbocycles. The molecular formula is C17H23BrO2. The SMILES string of the molecule is COc1c(C(C)(C)C)cc2c(c1Br)CC(C(C)C)C2=O. The van der Waals surface area contributed by atoms with Crippen molar-refractivity contribution >= 4 is 21.7 Å². The van der Waals surface area contributed by atoms with E-state index in [9.17, 15) is 4.79 Å². The number of carbonyl (C=O) groups is 1. The van der Waals surface area contributed by atoms with Crippen molar-refractivity contribution in [3.63, 3.8) is 0 Å². The molecule has 0 radical (unpaired) electrons. The van der Waals surface area contributed by atoms with Gasteiger partial charge in [-0.3, -0.25) is 4.79 Å². The number of ether oxygens (including phenoxy) is 1. The van der Waals surface area contributed by atoms with E-state index in [1.54, 1.807) is 7.11 Å². The van der Waals surface area contributed by atoms with E-state index in [0.29, 0.717) is 5.92 Å². The minimum Gasteiger partial charge on any atom is -0.495 e. The number of carbonyl (C=O) groups excluding carboxylic acids is 1. The lowest BCUT2D eigenvalue weighted by atomic mass is 9.84. The van der Waals surface area contributed by atoms with Gasteiger partial charge in [-0.15, -0.1) is 0 Å². The van der Waals surface area contributed by atoms with Crippen LogP contribution < -0.4 is 4.74 Å². The maximum absolute atomic E-state index is 12.6. The second kappa shape index (κ2) is 5.18. The summed E-state index contributed by atoms with van der Waals surface area (Å²) in [6.07, 6.45) is 0.813. The summed E-state index contributed by atoms with van der Waals surface area (Å²) in [5, 5.41) is 0. The van der Waals surface area contributed by atoms with Crippen molar-refractivity contribution in [2.24, 2.45) is 11.8 Å². The van der Waals surface area contributed by atoms with Gasteiger partial charge in [-0.25, -0.2) is 0 Å². The molecule has 0 saturated heterocycles. The predicted molar refractivity (Wildman–Crippen MR) is 85.8 cm³/mol. The van der Waals surface area contributed by atoms with Gasteiger partial charge in [-0.2, -0.15) is 0 Å². The van der Waals surface area contributed by atoms with Crippen LogP contribution >= 0.6 is 15.9 Å². The molecule has 0 heterocycles. The first kappa shape index (κ1) is 15.6. The fraction of sp³-hybridized carbons (Fsp3) is 0.588. The highest BCUT2D eigenvalue weighted by Gasteiger charge is 2.37. The maximum atomic E-state index is 12.6. The van der Waals surface area contributed by atoms with Crippen molar-refractivity contribution in [3.05, 3.63) is 27.2 Å². The van der Waals surface area contributed by atoms with Gasteiger partial charge in [0.05, 0.1) is 11.6 Å². The lowest BCUT2D eigenvalue weighted by molar-refractivity contribution is 0.0906. The zero-order valence-electron chi connectivity index (χ0n) is 13.1. The number of benzene rings is 1. The van der Waals surface area contributed by atoms with E-state index in [-0.39, 0.29) is 17.1 Å². The van der Waals surface area contributed by atoms with Crippen LogP contribution in [0.3, 0.4) is 0 Å². The topological polar surface area (TPSA) is 26.3 Å². The fourth-order valence-corrected chi connectivity index (χ4v) is 3.65. The summed E-state index contributed by atoms with van der Waals surface area (Å²) in [7, 11) is 1.69. The number of hydrogen-bond acceptors (Lipinski definition) is 2. The first-order valence-corrected chi connectivity index (χ1v) is 7.91. The molecule has 1 unspecified atom stereocenters. The van der Waals surface area contributed by atoms with Gasteiger partial charge in [0.25, 0.3) is 0 Å². The predicted octanol–water partition coefficient (Wildman–Crippen LogP) is 4.77. The molecule has 0 aliphatic heterocycles. The van der Waals surface area contributed by atoms with Crippen LogP contribution in [0.25, 0.3) is 0 Å². The molecule has 1 aromatic carbocycles. The normalized spacial score (nSPS) is 18.6. The Morgan fingerprint density at radius 3 is 2.40 bits per heavy atom. The molecule has 2 rings (SSSR count). The van der Waals surface area contributed by atoms with Crippen molar-refractivity contribution in [2.45, 2.75) is 46.5 Å². The molecule has 0 spiro atoms. The van der Waals surface area contributed by atoms with Crippen LogP contribution in [0.15, 0.2) is 10.5 Å². The van der Waals surface area contributed by atoms with Gasteiger partial charge in [0, 0.05) is 17.0 Å². The van der Waals surface area contributed by atoms with E-state index in [4.69, 9.17) is 4.74 Å². The molecule has 110 valence electrons. The van der Waals surface area contributed by atoms with Crippen LogP contribution in [-0.4, -0.2) is 12.9 Å². The third-order valence-electron chi connectivity index (χ3n) is 4.17. The Hall–Kier alpha value is -0.830. The molecule has 0 amide bonds. The molecule has 0 bridgehead atoms. The van der Waals surface area contributed by atoms with Crippen molar-refractivity contribution < 1.29 is 9.53 Å². The summed E-state index contributed by atoms with van der Waals surface area (Å²) in [4.78, 5) is 12.6. The first-order valence-electron chi connectivity index (χ1n) is 7.12. The monoisotopic (exact) mass is 338 g/mol. The highest BCUT2D eigenvalue weighted by molar-refractivity contribution is 9.10. The third-order valence-corrected chi connectivity index (χ3v) is 5.00. The lowest BCUT2D eigenvalue weighted by Gasteiger charge is -2.24. The smallest absolute Gasteiger partial charge is 0.166 e. The highest BCUT2D eigenvalue weighted by atomic mass is 79.9. The Bertz CT molecular complexity index is 553. The van der Waals surface area contributed by atoms with Crippen LogP contribution in [-0.2, 0) is 11.8 Å². The number of fused-ring (bicyclic) bond motifs is 1. The van der Waals surface area contributed by atoms with E-state index in [1.807, 2.05) is 6.07 Å². The van der Waals surface area contributed by atoms with E-state index in [0.717, 1.165) is 33.3 Å². The van der Waals surface area contributed by atoms with Gasteiger partial charge in [0.1, 0.15) is 5.75 Å². The minimum absolute atomic E-state index is 0.0565. The molecule has 3 heteroatoms. The lowest BCUT2D eigenvalue weighted by Crippen LogP contribution is -2.16. The molecule has 1 atom stereocenters. The number of methoxy groups -OCH3 is 1. The van der Waals surface area contributed by atoms with Gasteiger partial charge in [-0.1, -0.05) is 34.6 Å². The van der Waals surface area contributed by atoms with E-state index >= 15 is 0 Å². The van der Waals surface area contributed by atoms with Crippen molar-refractivity contribution in [1.82, 2.24) is 0 Å². The molecule has 0 fully saturated rings. The van der Waals surface area contributed by atoms with Gasteiger partial charge < -0.3 is 4.74 Å². The molecule has 1 aromatic rings. The molecule has 0 aromatic heterocycles. The van der Waals surface area contributed by atoms with Gasteiger partial charge >= 0.3 is 0 Å². The number of rotatable bonds is 2. The Labute approximate surface area is 130 Å². The average Bonchev–Trinajstić information content (AvgIpc) is 2.66. The fourth-order valence-electron chi connectivity index (χ4n) is 2.90. The van der Waals surface area contributed by atoms with Crippen molar-refractivity contribution in [3.8, 4) is 5.75 Å². The van der Waals surface area contributed by atoms with Crippen molar-refractivity contribution in [2.75, 3.05) is 7.11 Å². The van der Waals surface area contributed by atoms with E-state index in [1.165, 1.54) is 0 Å². The Morgan fingerprint density at radius 2 is 1.95 bits per heavy atom. The van der Waals surface area contributed by atoms with Crippen molar-refractivity contribution in [1.29, 1.82) is 0 Å². The molecule has 0 N–H and O–H groups in total. The zero-order valence-corrected chi connectivity index (χ0v) is 14.7. The summed E-state index contributed by atoms with van der Waals surface area (Å²) in [5.74, 6) is 1.62. The molecule has 0 saturated carbocycles. The van der Waals surface area contributed by atoms with Crippen LogP contribution in [0.1, 0.15) is 56.1 Å². The van der Waals surface area contributed by atoms with E-state index < -0.39 is 0 Å². The van der Waals surface area contributed by atoms with Gasteiger partial charge in [0.2, 0.25) is 0 Å². The Kier molecular flexibility index (Phi) is 4.03. The van der Waals surface area contributed by atoms with Crippen LogP contribution in [0, 0.1) is 11.8 Å². The van der Waals surface area contributed by atoms with E-state index in [2.05, 4.69) is 50.5 Å². The number of halogens is 1. The average molecular weight is 339 g/mol. The Morgan fingerprint density at radius 1 is 1.35 bits per heavy atom. The number of hydrogen-bond donors (Lipinski definition) is 0.